The molecule has 0 aromatic heterocycles. The number of rotatable bonds is 6. The number of terminal acetylenes is 1. The first kappa shape index (κ1) is 12.5. The second-order valence-electron chi connectivity index (χ2n) is 4.01. The van der Waals surface area contributed by atoms with Crippen molar-refractivity contribution in [2.24, 2.45) is 5.73 Å². The van der Waals surface area contributed by atoms with Crippen molar-refractivity contribution >= 4 is 0 Å². The molecule has 1 saturated heterocycles. The van der Waals surface area contributed by atoms with Gasteiger partial charge in [-0.1, -0.05) is 0 Å². The number of nitrogens with zero attached hydrogens (tertiary/aromatic N) is 1. The van der Waals surface area contributed by atoms with Crippen molar-refractivity contribution in [1.82, 2.24) is 4.90 Å². The lowest BCUT2D eigenvalue weighted by Gasteiger charge is -2.31. The Morgan fingerprint density at radius 1 is 1.40 bits per heavy atom. The predicted octanol–water partition coefficient (Wildman–Crippen LogP) is 0.839. The third-order valence-corrected chi connectivity index (χ3v) is 2.81. The van der Waals surface area contributed by atoms with Crippen molar-refractivity contribution in [3.05, 3.63) is 0 Å². The highest BCUT2D eigenvalue weighted by molar-refractivity contribution is 4.85. The molecule has 0 unspecified atom stereocenters. The molecule has 0 aliphatic carbocycles. The van der Waals surface area contributed by atoms with E-state index in [9.17, 15) is 0 Å². The van der Waals surface area contributed by atoms with E-state index in [0.717, 1.165) is 58.5 Å². The van der Waals surface area contributed by atoms with Crippen molar-refractivity contribution in [2.45, 2.75) is 31.8 Å². The lowest BCUT2D eigenvalue weighted by Crippen LogP contribution is -2.37. The Bertz CT molecular complexity index is 192. The second kappa shape index (κ2) is 7.70. The monoisotopic (exact) mass is 210 g/mol. The summed E-state index contributed by atoms with van der Waals surface area (Å²) in [7, 11) is 0. The van der Waals surface area contributed by atoms with Crippen molar-refractivity contribution in [3.63, 3.8) is 0 Å². The Morgan fingerprint density at radius 2 is 2.13 bits per heavy atom. The predicted molar refractivity (Wildman–Crippen MR) is 62.5 cm³/mol. The molecule has 0 atom stereocenters. The van der Waals surface area contributed by atoms with E-state index in [-0.39, 0.29) is 0 Å². The quantitative estimate of drug-likeness (QED) is 0.521. The van der Waals surface area contributed by atoms with Crippen molar-refractivity contribution in [3.8, 4) is 12.3 Å². The minimum absolute atomic E-state index is 0.443. The third-order valence-electron chi connectivity index (χ3n) is 2.81. The van der Waals surface area contributed by atoms with E-state index in [1.165, 1.54) is 0 Å². The summed E-state index contributed by atoms with van der Waals surface area (Å²) in [6.45, 7) is 4.81. The third kappa shape index (κ3) is 5.17. The average Bonchev–Trinajstić information content (AvgIpc) is 2.28. The van der Waals surface area contributed by atoms with Gasteiger partial charge in [-0.3, -0.25) is 0 Å². The average molecular weight is 210 g/mol. The number of hydrogen-bond acceptors (Lipinski definition) is 3. The normalized spacial score (nSPS) is 18.9. The van der Waals surface area contributed by atoms with Crippen LogP contribution in [0, 0.1) is 12.3 Å². The van der Waals surface area contributed by atoms with Gasteiger partial charge >= 0.3 is 0 Å². The summed E-state index contributed by atoms with van der Waals surface area (Å²) in [5, 5.41) is 0. The van der Waals surface area contributed by atoms with Gasteiger partial charge < -0.3 is 15.4 Å². The number of nitrogens with two attached hydrogens (primary N) is 1. The molecule has 3 heteroatoms. The van der Waals surface area contributed by atoms with Gasteiger partial charge in [-0.2, -0.15) is 0 Å². The Balaban J connectivity index is 2.05. The molecule has 0 radical (unpaired) electrons. The molecule has 0 amide bonds. The Morgan fingerprint density at radius 3 is 2.73 bits per heavy atom. The van der Waals surface area contributed by atoms with Crippen LogP contribution in [-0.4, -0.2) is 43.8 Å². The van der Waals surface area contributed by atoms with Gasteiger partial charge in [0.15, 0.2) is 0 Å². The van der Waals surface area contributed by atoms with Crippen LogP contribution in [-0.2, 0) is 4.74 Å². The smallest absolute Gasteiger partial charge is 0.0599 e. The van der Waals surface area contributed by atoms with Crippen LogP contribution in [0.3, 0.4) is 0 Å². The fourth-order valence-electron chi connectivity index (χ4n) is 1.86. The van der Waals surface area contributed by atoms with E-state index in [1.54, 1.807) is 0 Å². The van der Waals surface area contributed by atoms with Gasteiger partial charge in [0.1, 0.15) is 0 Å². The van der Waals surface area contributed by atoms with Crippen molar-refractivity contribution < 1.29 is 4.74 Å². The number of piperidine rings is 1. The van der Waals surface area contributed by atoms with Gasteiger partial charge in [0.2, 0.25) is 0 Å². The number of ether oxygens (including phenoxy) is 1. The molecule has 2 N–H and O–H groups in total. The molecule has 0 saturated carbocycles. The minimum Gasteiger partial charge on any atom is -0.378 e. The molecule has 0 bridgehead atoms. The molecule has 0 aromatic rings. The molecule has 1 aliphatic heterocycles. The first-order valence-electron chi connectivity index (χ1n) is 5.84. The van der Waals surface area contributed by atoms with Gasteiger partial charge in [-0.15, -0.1) is 12.3 Å². The van der Waals surface area contributed by atoms with Gasteiger partial charge in [-0.05, 0) is 25.8 Å². The van der Waals surface area contributed by atoms with Crippen LogP contribution in [0.5, 0.6) is 0 Å². The van der Waals surface area contributed by atoms with Crippen LogP contribution in [0.15, 0.2) is 0 Å². The Kier molecular flexibility index (Phi) is 6.42. The molecular formula is C12H22N2O. The number of likely N-dealkylation sites (tertiary alicyclic amines) is 1. The molecule has 1 rings (SSSR count). The van der Waals surface area contributed by atoms with Crippen LogP contribution in [0.25, 0.3) is 0 Å². The van der Waals surface area contributed by atoms with E-state index in [2.05, 4.69) is 10.8 Å². The lowest BCUT2D eigenvalue weighted by molar-refractivity contribution is 0.00773. The van der Waals surface area contributed by atoms with E-state index in [1.807, 2.05) is 0 Å². The van der Waals surface area contributed by atoms with Gasteiger partial charge in [0.25, 0.3) is 0 Å². The first-order chi connectivity index (χ1) is 7.36. The van der Waals surface area contributed by atoms with Crippen LogP contribution in [0.1, 0.15) is 25.7 Å². The van der Waals surface area contributed by atoms with E-state index in [0.29, 0.717) is 6.10 Å². The molecule has 3 nitrogen and oxygen atoms in total. The number of hydrogen-bond donors (Lipinski definition) is 1. The minimum atomic E-state index is 0.443. The highest BCUT2D eigenvalue weighted by Gasteiger charge is 2.18. The van der Waals surface area contributed by atoms with Crippen LogP contribution >= 0.6 is 0 Å². The zero-order chi connectivity index (χ0) is 10.9. The summed E-state index contributed by atoms with van der Waals surface area (Å²) in [4.78, 5) is 2.42. The largest absolute Gasteiger partial charge is 0.378 e. The van der Waals surface area contributed by atoms with Crippen LogP contribution < -0.4 is 5.73 Å². The molecule has 0 aromatic carbocycles. The molecule has 15 heavy (non-hydrogen) atoms. The SMILES string of the molecule is C#CCCN1CCC(OCCCN)CC1. The van der Waals surface area contributed by atoms with Crippen LogP contribution in [0.2, 0.25) is 0 Å². The summed E-state index contributed by atoms with van der Waals surface area (Å²) in [6.07, 6.45) is 9.78. The highest BCUT2D eigenvalue weighted by Crippen LogP contribution is 2.13. The maximum absolute atomic E-state index is 5.73. The fourth-order valence-corrected chi connectivity index (χ4v) is 1.86. The fraction of sp³-hybridized carbons (Fsp3) is 0.833. The Labute approximate surface area is 93.0 Å². The first-order valence-corrected chi connectivity index (χ1v) is 5.84. The van der Waals surface area contributed by atoms with Gasteiger partial charge in [0.05, 0.1) is 6.10 Å². The van der Waals surface area contributed by atoms with E-state index < -0.39 is 0 Å². The van der Waals surface area contributed by atoms with E-state index in [4.69, 9.17) is 16.9 Å². The Hall–Kier alpha value is -0.560. The van der Waals surface area contributed by atoms with Gasteiger partial charge in [0, 0.05) is 32.7 Å². The molecule has 1 aliphatic rings. The molecular weight excluding hydrogens is 188 g/mol. The zero-order valence-corrected chi connectivity index (χ0v) is 9.45. The maximum Gasteiger partial charge on any atom is 0.0599 e. The summed E-state index contributed by atoms with van der Waals surface area (Å²) in [6, 6.07) is 0. The summed E-state index contributed by atoms with van der Waals surface area (Å²) >= 11 is 0. The topological polar surface area (TPSA) is 38.5 Å². The lowest BCUT2D eigenvalue weighted by atomic mass is 10.1. The second-order valence-corrected chi connectivity index (χ2v) is 4.01. The van der Waals surface area contributed by atoms with Crippen LogP contribution in [0.4, 0.5) is 0 Å². The summed E-state index contributed by atoms with van der Waals surface area (Å²) in [5.41, 5.74) is 5.41. The standard InChI is InChI=1S/C12H22N2O/c1-2-3-8-14-9-5-12(6-10-14)15-11-4-7-13/h1,12H,3-11,13H2. The molecule has 1 heterocycles. The highest BCUT2D eigenvalue weighted by atomic mass is 16.5. The van der Waals surface area contributed by atoms with Crippen molar-refractivity contribution in [2.75, 3.05) is 32.8 Å². The van der Waals surface area contributed by atoms with Crippen molar-refractivity contribution in [1.29, 1.82) is 0 Å². The summed E-state index contributed by atoms with van der Waals surface area (Å²) in [5.74, 6) is 2.68. The van der Waals surface area contributed by atoms with E-state index >= 15 is 0 Å². The van der Waals surface area contributed by atoms with Gasteiger partial charge in [-0.25, -0.2) is 0 Å². The molecule has 0 spiro atoms. The maximum atomic E-state index is 5.73. The molecule has 86 valence electrons. The summed E-state index contributed by atoms with van der Waals surface area (Å²) < 4.78 is 5.73. The molecule has 1 fully saturated rings. The zero-order valence-electron chi connectivity index (χ0n) is 9.45.